The number of carboxylic acids is 1. The number of carboxylic acid groups (broad SMARTS) is 1. The highest BCUT2D eigenvalue weighted by Crippen LogP contribution is 2.35. The number of nitrogens with one attached hydrogen (secondary N) is 1. The molecule has 1 aliphatic carbocycles. The van der Waals surface area contributed by atoms with Crippen LogP contribution >= 0.6 is 35.0 Å². The van der Waals surface area contributed by atoms with Gasteiger partial charge >= 0.3 is 5.97 Å². The molecule has 120 valence electrons. The van der Waals surface area contributed by atoms with Crippen molar-refractivity contribution in [3.63, 3.8) is 0 Å². The topological polar surface area (TPSA) is 75.1 Å². The van der Waals surface area contributed by atoms with E-state index in [-0.39, 0.29) is 10.9 Å². The van der Waals surface area contributed by atoms with Crippen molar-refractivity contribution in [3.05, 3.63) is 39.5 Å². The molecule has 8 heteroatoms. The number of nitrogens with zero attached hydrogens (tertiary/aromatic N) is 2. The van der Waals surface area contributed by atoms with E-state index in [2.05, 4.69) is 15.3 Å². The van der Waals surface area contributed by atoms with Gasteiger partial charge in [-0.3, -0.25) is 4.79 Å². The molecule has 3 rings (SSSR count). The summed E-state index contributed by atoms with van der Waals surface area (Å²) in [5.41, 5.74) is 3.33. The van der Waals surface area contributed by atoms with Gasteiger partial charge in [-0.1, -0.05) is 35.0 Å². The van der Waals surface area contributed by atoms with Crippen molar-refractivity contribution in [2.75, 3.05) is 11.1 Å². The Labute approximate surface area is 147 Å². The molecular formula is C15H13Cl2N3O2S. The number of hydrogen-bond donors (Lipinski definition) is 2. The minimum Gasteiger partial charge on any atom is -0.481 e. The predicted molar refractivity (Wildman–Crippen MR) is 92.2 cm³/mol. The lowest BCUT2D eigenvalue weighted by Crippen LogP contribution is -2.02. The van der Waals surface area contributed by atoms with E-state index in [0.717, 1.165) is 41.7 Å². The zero-order valence-electron chi connectivity index (χ0n) is 12.0. The third-order valence-electron chi connectivity index (χ3n) is 3.49. The number of fused-ring (bicyclic) bond motifs is 1. The molecule has 1 aliphatic rings. The van der Waals surface area contributed by atoms with Crippen LogP contribution in [0.15, 0.2) is 23.4 Å². The average Bonchev–Trinajstić information content (AvgIpc) is 2.98. The Morgan fingerprint density at radius 2 is 2.04 bits per heavy atom. The maximum Gasteiger partial charge on any atom is 0.313 e. The molecule has 0 fully saturated rings. The molecule has 0 aliphatic heterocycles. The van der Waals surface area contributed by atoms with Gasteiger partial charge in [-0.2, -0.15) is 0 Å². The van der Waals surface area contributed by atoms with Crippen LogP contribution in [0.1, 0.15) is 17.5 Å². The first-order valence-corrected chi connectivity index (χ1v) is 8.73. The van der Waals surface area contributed by atoms with E-state index >= 15 is 0 Å². The summed E-state index contributed by atoms with van der Waals surface area (Å²) in [6, 6.07) is 5.41. The Kier molecular flexibility index (Phi) is 4.94. The number of aliphatic carboxylic acids is 1. The summed E-state index contributed by atoms with van der Waals surface area (Å²) >= 11 is 13.3. The summed E-state index contributed by atoms with van der Waals surface area (Å²) in [6.45, 7) is 0. The number of rotatable bonds is 5. The number of benzene rings is 1. The van der Waals surface area contributed by atoms with Crippen LogP contribution in [0, 0.1) is 0 Å². The van der Waals surface area contributed by atoms with Gasteiger partial charge in [0.05, 0.1) is 5.75 Å². The van der Waals surface area contributed by atoms with Crippen molar-refractivity contribution in [3.8, 4) is 0 Å². The van der Waals surface area contributed by atoms with Crippen molar-refractivity contribution in [2.45, 2.75) is 24.4 Å². The summed E-state index contributed by atoms with van der Waals surface area (Å²) in [7, 11) is 0. The quantitative estimate of drug-likeness (QED) is 0.467. The first-order valence-electron chi connectivity index (χ1n) is 6.99. The van der Waals surface area contributed by atoms with Gasteiger partial charge in [0.2, 0.25) is 0 Å². The molecule has 1 aromatic carbocycles. The maximum absolute atomic E-state index is 10.7. The van der Waals surface area contributed by atoms with Crippen molar-refractivity contribution in [2.24, 2.45) is 0 Å². The van der Waals surface area contributed by atoms with Crippen LogP contribution in [0.25, 0.3) is 0 Å². The van der Waals surface area contributed by atoms with Crippen LogP contribution in [-0.2, 0) is 17.6 Å². The van der Waals surface area contributed by atoms with Gasteiger partial charge in [-0.15, -0.1) is 0 Å². The van der Waals surface area contributed by atoms with E-state index in [1.165, 1.54) is 11.1 Å². The number of thioether (sulfide) groups is 1. The fourth-order valence-corrected chi connectivity index (χ4v) is 3.65. The van der Waals surface area contributed by atoms with Crippen molar-refractivity contribution in [1.29, 1.82) is 0 Å². The second-order valence-corrected chi connectivity index (χ2v) is 6.81. The molecule has 0 radical (unpaired) electrons. The normalized spacial score (nSPS) is 13.0. The Hall–Kier alpha value is -1.50. The summed E-state index contributed by atoms with van der Waals surface area (Å²) in [5, 5.41) is 13.4. The highest BCUT2D eigenvalue weighted by atomic mass is 35.5. The number of halogens is 2. The molecule has 23 heavy (non-hydrogen) atoms. The summed E-state index contributed by atoms with van der Waals surface area (Å²) < 4.78 is 0. The summed E-state index contributed by atoms with van der Waals surface area (Å²) in [4.78, 5) is 19.0. The zero-order valence-corrected chi connectivity index (χ0v) is 14.3. The van der Waals surface area contributed by atoms with E-state index in [4.69, 9.17) is 28.3 Å². The molecule has 0 bridgehead atoms. The Morgan fingerprint density at radius 1 is 1.26 bits per heavy atom. The number of aromatic nitrogens is 2. The first kappa shape index (κ1) is 16.4. The highest BCUT2D eigenvalue weighted by Gasteiger charge is 2.18. The SMILES string of the molecule is O=C(O)CSc1nc(Cl)cc(Nc2ccc(Cl)c3c2CCC3)n1. The zero-order chi connectivity index (χ0) is 16.4. The van der Waals surface area contributed by atoms with Gasteiger partial charge in [0.1, 0.15) is 11.0 Å². The Morgan fingerprint density at radius 3 is 2.83 bits per heavy atom. The van der Waals surface area contributed by atoms with Gasteiger partial charge in [0.15, 0.2) is 5.16 Å². The maximum atomic E-state index is 10.7. The van der Waals surface area contributed by atoms with Crippen LogP contribution < -0.4 is 5.32 Å². The molecule has 5 nitrogen and oxygen atoms in total. The summed E-state index contributed by atoms with van der Waals surface area (Å²) in [5.74, 6) is -0.506. The minimum atomic E-state index is -0.927. The third-order valence-corrected chi connectivity index (χ3v) is 4.87. The fraction of sp³-hybridized carbons (Fsp3) is 0.267. The van der Waals surface area contributed by atoms with Gasteiger partial charge in [0.25, 0.3) is 0 Å². The smallest absolute Gasteiger partial charge is 0.313 e. The molecule has 0 amide bonds. The summed E-state index contributed by atoms with van der Waals surface area (Å²) in [6.07, 6.45) is 3.03. The lowest BCUT2D eigenvalue weighted by molar-refractivity contribution is -0.133. The van der Waals surface area contributed by atoms with Crippen LogP contribution in [0.4, 0.5) is 11.5 Å². The van der Waals surface area contributed by atoms with E-state index in [0.29, 0.717) is 11.0 Å². The molecule has 0 saturated heterocycles. The fourth-order valence-electron chi connectivity index (χ4n) is 2.57. The Balaban J connectivity index is 1.86. The molecule has 0 saturated carbocycles. The van der Waals surface area contributed by atoms with Gasteiger partial charge in [0, 0.05) is 16.8 Å². The van der Waals surface area contributed by atoms with E-state index in [9.17, 15) is 4.79 Å². The van der Waals surface area contributed by atoms with Crippen LogP contribution in [0.3, 0.4) is 0 Å². The monoisotopic (exact) mass is 369 g/mol. The second-order valence-electron chi connectivity index (χ2n) is 5.07. The van der Waals surface area contributed by atoms with E-state index < -0.39 is 5.97 Å². The van der Waals surface area contributed by atoms with Crippen LogP contribution in [0.5, 0.6) is 0 Å². The van der Waals surface area contributed by atoms with Gasteiger partial charge in [-0.05, 0) is 42.5 Å². The van der Waals surface area contributed by atoms with Crippen LogP contribution in [-0.4, -0.2) is 26.8 Å². The molecule has 2 aromatic rings. The van der Waals surface area contributed by atoms with Crippen molar-refractivity contribution < 1.29 is 9.90 Å². The number of hydrogen-bond acceptors (Lipinski definition) is 5. The van der Waals surface area contributed by atoms with Gasteiger partial charge < -0.3 is 10.4 Å². The molecule has 0 spiro atoms. The average molecular weight is 370 g/mol. The van der Waals surface area contributed by atoms with E-state index in [1.807, 2.05) is 12.1 Å². The second kappa shape index (κ2) is 6.95. The molecular weight excluding hydrogens is 357 g/mol. The first-order chi connectivity index (χ1) is 11.0. The molecule has 0 atom stereocenters. The standard InChI is InChI=1S/C15H13Cl2N3O2S/c16-10-4-5-11(9-3-1-2-8(9)10)18-13-6-12(17)19-15(20-13)23-7-14(21)22/h4-6H,1-3,7H2,(H,21,22)(H,18,19,20). The van der Waals surface area contributed by atoms with Crippen LogP contribution in [0.2, 0.25) is 10.2 Å². The predicted octanol–water partition coefficient (Wildman–Crippen LogP) is 4.19. The lowest BCUT2D eigenvalue weighted by atomic mass is 10.1. The largest absolute Gasteiger partial charge is 0.481 e. The minimum absolute atomic E-state index is 0.115. The molecule has 1 heterocycles. The van der Waals surface area contributed by atoms with Gasteiger partial charge in [-0.25, -0.2) is 9.97 Å². The number of carbonyl (C=O) groups is 1. The Bertz CT molecular complexity index is 771. The lowest BCUT2D eigenvalue weighted by Gasteiger charge is -2.12. The molecule has 1 aromatic heterocycles. The highest BCUT2D eigenvalue weighted by molar-refractivity contribution is 7.99. The third kappa shape index (κ3) is 3.88. The molecule has 2 N–H and O–H groups in total. The van der Waals surface area contributed by atoms with Crippen molar-refractivity contribution in [1.82, 2.24) is 9.97 Å². The van der Waals surface area contributed by atoms with E-state index in [1.54, 1.807) is 6.07 Å². The molecule has 0 unspecified atom stereocenters. The van der Waals surface area contributed by atoms with Crippen molar-refractivity contribution >= 4 is 52.4 Å². The number of anilines is 2.